The van der Waals surface area contributed by atoms with Crippen molar-refractivity contribution >= 4 is 39.6 Å². The number of carboxylic acids is 1. The summed E-state index contributed by atoms with van der Waals surface area (Å²) in [6.07, 6.45) is 0.899. The highest BCUT2D eigenvalue weighted by Crippen LogP contribution is 2.47. The van der Waals surface area contributed by atoms with Gasteiger partial charge in [-0.2, -0.15) is 0 Å². The van der Waals surface area contributed by atoms with E-state index < -0.39 is 5.97 Å². The molecule has 1 aromatic carbocycles. The molecule has 0 aromatic heterocycles. The smallest absolute Gasteiger partial charge is 0.313 e. The van der Waals surface area contributed by atoms with Crippen LogP contribution in [0, 0.1) is 5.92 Å². The fourth-order valence-electron chi connectivity index (χ4n) is 2.10. The molecule has 1 amide bonds. The number of hydrogen-bond acceptors (Lipinski definition) is 3. The summed E-state index contributed by atoms with van der Waals surface area (Å²) in [6, 6.07) is 8.08. The lowest BCUT2D eigenvalue weighted by molar-refractivity contribution is -0.133. The Balaban J connectivity index is 1.68. The van der Waals surface area contributed by atoms with Crippen LogP contribution < -0.4 is 5.32 Å². The molecular weight excluding hydrogens is 342 g/mol. The molecule has 0 spiro atoms. The number of thioether (sulfide) groups is 1. The second-order valence-corrected chi connectivity index (χ2v) is 6.76. The molecule has 4 nitrogen and oxygen atoms in total. The van der Waals surface area contributed by atoms with Crippen LogP contribution in [0.3, 0.4) is 0 Å². The third-order valence-electron chi connectivity index (χ3n) is 3.20. The molecule has 1 aliphatic rings. The summed E-state index contributed by atoms with van der Waals surface area (Å²) in [5, 5.41) is 11.4. The van der Waals surface area contributed by atoms with Crippen LogP contribution in [0.2, 0.25) is 0 Å². The van der Waals surface area contributed by atoms with Gasteiger partial charge >= 0.3 is 5.97 Å². The van der Waals surface area contributed by atoms with Crippen molar-refractivity contribution in [3.8, 4) is 0 Å². The van der Waals surface area contributed by atoms with Crippen molar-refractivity contribution in [2.24, 2.45) is 5.92 Å². The van der Waals surface area contributed by atoms with Gasteiger partial charge in [0.25, 0.3) is 0 Å². The van der Waals surface area contributed by atoms with Crippen LogP contribution in [-0.2, 0) is 9.59 Å². The maximum atomic E-state index is 11.9. The van der Waals surface area contributed by atoms with E-state index in [2.05, 4.69) is 21.2 Å². The van der Waals surface area contributed by atoms with E-state index in [-0.39, 0.29) is 17.6 Å². The topological polar surface area (TPSA) is 66.4 Å². The molecule has 2 rings (SSSR count). The van der Waals surface area contributed by atoms with Crippen LogP contribution in [0.25, 0.3) is 0 Å². The molecule has 0 aliphatic heterocycles. The average molecular weight is 358 g/mol. The Morgan fingerprint density at radius 2 is 2.05 bits per heavy atom. The Hall–Kier alpha value is -1.01. The van der Waals surface area contributed by atoms with E-state index in [4.69, 9.17) is 5.11 Å². The molecule has 6 heteroatoms. The summed E-state index contributed by atoms with van der Waals surface area (Å²) in [4.78, 5) is 22.2. The lowest BCUT2D eigenvalue weighted by atomic mass is 10.1. The molecule has 108 valence electrons. The Morgan fingerprint density at radius 3 is 2.70 bits per heavy atom. The Bertz CT molecular complexity index is 492. The first kappa shape index (κ1) is 15.4. The van der Waals surface area contributed by atoms with Crippen LogP contribution in [-0.4, -0.2) is 35.0 Å². The molecule has 0 bridgehead atoms. The van der Waals surface area contributed by atoms with Gasteiger partial charge in [0.05, 0.1) is 5.75 Å². The minimum absolute atomic E-state index is 0.0700. The predicted octanol–water partition coefficient (Wildman–Crippen LogP) is 2.49. The lowest BCUT2D eigenvalue weighted by Crippen LogP contribution is -2.27. The summed E-state index contributed by atoms with van der Waals surface area (Å²) in [7, 11) is 0. The Morgan fingerprint density at radius 1 is 1.35 bits per heavy atom. The summed E-state index contributed by atoms with van der Waals surface area (Å²) in [6.45, 7) is 0.528. The van der Waals surface area contributed by atoms with Crippen molar-refractivity contribution in [3.63, 3.8) is 0 Å². The van der Waals surface area contributed by atoms with Gasteiger partial charge in [-0.15, -0.1) is 11.8 Å². The Labute approximate surface area is 130 Å². The van der Waals surface area contributed by atoms with Crippen LogP contribution in [0.15, 0.2) is 28.7 Å². The molecule has 0 saturated heterocycles. The molecule has 2 unspecified atom stereocenters. The highest BCUT2D eigenvalue weighted by molar-refractivity contribution is 9.10. The molecule has 0 heterocycles. The monoisotopic (exact) mass is 357 g/mol. The summed E-state index contributed by atoms with van der Waals surface area (Å²) >= 11 is 4.71. The van der Waals surface area contributed by atoms with E-state index in [1.807, 2.05) is 24.3 Å². The Kier molecular flexibility index (Phi) is 5.48. The van der Waals surface area contributed by atoms with Crippen LogP contribution in [0.1, 0.15) is 17.9 Å². The number of halogens is 1. The first-order valence-electron chi connectivity index (χ1n) is 6.40. The number of benzene rings is 1. The fourth-order valence-corrected chi connectivity index (χ4v) is 2.93. The normalized spacial score (nSPS) is 20.4. The summed E-state index contributed by atoms with van der Waals surface area (Å²) < 4.78 is 1.04. The number of nitrogens with one attached hydrogen (secondary N) is 1. The fraction of sp³-hybridized carbons (Fsp3) is 0.429. The van der Waals surface area contributed by atoms with E-state index in [1.165, 1.54) is 17.3 Å². The molecule has 1 aliphatic carbocycles. The zero-order chi connectivity index (χ0) is 14.5. The van der Waals surface area contributed by atoms with E-state index in [0.29, 0.717) is 18.2 Å². The van der Waals surface area contributed by atoms with Gasteiger partial charge in [0.2, 0.25) is 5.91 Å². The van der Waals surface area contributed by atoms with Gasteiger partial charge in [-0.3, -0.25) is 9.59 Å². The maximum Gasteiger partial charge on any atom is 0.313 e. The maximum absolute atomic E-state index is 11.9. The third kappa shape index (κ3) is 4.52. The van der Waals surface area contributed by atoms with Crippen molar-refractivity contribution in [3.05, 3.63) is 34.3 Å². The minimum Gasteiger partial charge on any atom is -0.481 e. The zero-order valence-corrected chi connectivity index (χ0v) is 13.2. The minimum atomic E-state index is -0.821. The van der Waals surface area contributed by atoms with Gasteiger partial charge in [0.1, 0.15) is 0 Å². The van der Waals surface area contributed by atoms with Gasteiger partial charge in [-0.05, 0) is 30.0 Å². The molecule has 0 radical (unpaired) electrons. The number of amides is 1. The summed E-state index contributed by atoms with van der Waals surface area (Å²) in [5.41, 5.74) is 1.20. The quantitative estimate of drug-likeness (QED) is 0.735. The van der Waals surface area contributed by atoms with Gasteiger partial charge in [-0.25, -0.2) is 0 Å². The molecule has 1 aromatic rings. The van der Waals surface area contributed by atoms with Gasteiger partial charge in [0, 0.05) is 22.7 Å². The van der Waals surface area contributed by atoms with Crippen LogP contribution in [0.4, 0.5) is 0 Å². The van der Waals surface area contributed by atoms with Crippen molar-refractivity contribution in [2.75, 3.05) is 18.1 Å². The second kappa shape index (κ2) is 7.13. The van der Waals surface area contributed by atoms with Crippen LogP contribution in [0.5, 0.6) is 0 Å². The third-order valence-corrected chi connectivity index (χ3v) is 4.67. The number of carbonyl (C=O) groups is 2. The molecule has 20 heavy (non-hydrogen) atoms. The van der Waals surface area contributed by atoms with E-state index in [9.17, 15) is 9.59 Å². The zero-order valence-electron chi connectivity index (χ0n) is 10.8. The highest BCUT2D eigenvalue weighted by atomic mass is 79.9. The molecule has 2 N–H and O–H groups in total. The van der Waals surface area contributed by atoms with Crippen molar-refractivity contribution < 1.29 is 14.7 Å². The van der Waals surface area contributed by atoms with Crippen LogP contribution >= 0.6 is 27.7 Å². The van der Waals surface area contributed by atoms with E-state index in [1.54, 1.807) is 0 Å². The van der Waals surface area contributed by atoms with Crippen molar-refractivity contribution in [1.82, 2.24) is 5.32 Å². The highest BCUT2D eigenvalue weighted by Gasteiger charge is 2.43. The molecular formula is C14H16BrNO3S. The first-order chi connectivity index (χ1) is 9.58. The van der Waals surface area contributed by atoms with E-state index >= 15 is 0 Å². The average Bonchev–Trinajstić information content (AvgIpc) is 3.19. The van der Waals surface area contributed by atoms with Crippen molar-refractivity contribution in [2.45, 2.75) is 12.3 Å². The standard InChI is InChI=1S/C14H16BrNO3S/c15-10-3-1-9(2-4-10)11-7-12(11)14(19)16-5-6-20-8-13(17)18/h1-4,11-12H,5-8H2,(H,16,19)(H,17,18). The number of rotatable bonds is 7. The van der Waals surface area contributed by atoms with Gasteiger partial charge in [0.15, 0.2) is 0 Å². The number of hydrogen-bond donors (Lipinski definition) is 2. The number of carboxylic acid groups (broad SMARTS) is 1. The molecule has 1 saturated carbocycles. The number of carbonyl (C=O) groups excluding carboxylic acids is 1. The van der Waals surface area contributed by atoms with Gasteiger partial charge < -0.3 is 10.4 Å². The predicted molar refractivity (Wildman–Crippen MR) is 83.0 cm³/mol. The van der Waals surface area contributed by atoms with Gasteiger partial charge in [-0.1, -0.05) is 28.1 Å². The molecule has 1 fully saturated rings. The number of aliphatic carboxylic acids is 1. The SMILES string of the molecule is O=C(O)CSCCNC(=O)C1CC1c1ccc(Br)cc1. The van der Waals surface area contributed by atoms with E-state index in [0.717, 1.165) is 10.9 Å². The lowest BCUT2D eigenvalue weighted by Gasteiger charge is -2.04. The molecule has 2 atom stereocenters. The van der Waals surface area contributed by atoms with Crippen molar-refractivity contribution in [1.29, 1.82) is 0 Å². The first-order valence-corrected chi connectivity index (χ1v) is 8.35. The second-order valence-electron chi connectivity index (χ2n) is 4.74. The largest absolute Gasteiger partial charge is 0.481 e. The summed E-state index contributed by atoms with van der Waals surface area (Å²) in [5.74, 6) is 0.372.